The Morgan fingerprint density at radius 3 is 2.52 bits per heavy atom. The Morgan fingerprint density at radius 1 is 0.862 bits per heavy atom. The van der Waals surface area contributed by atoms with E-state index < -0.39 is 12.7 Å². The van der Waals surface area contributed by atoms with Crippen LogP contribution in [0.1, 0.15) is 36.4 Å². The van der Waals surface area contributed by atoms with Gasteiger partial charge in [-0.1, -0.05) is 56.3 Å². The van der Waals surface area contributed by atoms with Crippen LogP contribution in [0.2, 0.25) is 0 Å². The molecular formula is C27H23NO. The molecule has 0 spiro atoms. The molecule has 0 fully saturated rings. The molecule has 0 bridgehead atoms. The molecule has 0 aliphatic heterocycles. The number of benzene rings is 3. The normalized spacial score (nSPS) is 14.4. The first kappa shape index (κ1) is 13.7. The van der Waals surface area contributed by atoms with Gasteiger partial charge in [-0.3, -0.25) is 4.98 Å². The summed E-state index contributed by atoms with van der Waals surface area (Å²) in [7, 11) is 0. The third-order valence-electron chi connectivity index (χ3n) is 5.32. The minimum atomic E-state index is -2.33. The summed E-state index contributed by atoms with van der Waals surface area (Å²) in [6, 6.07) is 23.0. The molecule has 2 nitrogen and oxygen atoms in total. The maximum Gasteiger partial charge on any atom is 0.144 e. The zero-order valence-electron chi connectivity index (χ0n) is 20.4. The van der Waals surface area contributed by atoms with E-state index in [-0.39, 0.29) is 5.56 Å². The fourth-order valence-corrected chi connectivity index (χ4v) is 3.79. The highest BCUT2D eigenvalue weighted by atomic mass is 16.3. The Hall–Kier alpha value is -3.39. The van der Waals surface area contributed by atoms with E-state index in [1.807, 2.05) is 80.6 Å². The smallest absolute Gasteiger partial charge is 0.144 e. The molecular weight excluding hydrogens is 354 g/mol. The quantitative estimate of drug-likeness (QED) is 0.319. The van der Waals surface area contributed by atoms with E-state index in [1.165, 1.54) is 0 Å². The molecule has 0 N–H and O–H groups in total. The van der Waals surface area contributed by atoms with Crippen molar-refractivity contribution in [1.29, 1.82) is 0 Å². The maximum atomic E-state index is 8.37. The number of nitrogens with zero attached hydrogens (tertiary/aromatic N) is 1. The predicted molar refractivity (Wildman–Crippen MR) is 121 cm³/mol. The van der Waals surface area contributed by atoms with Crippen LogP contribution in [0.25, 0.3) is 44.3 Å². The number of furan rings is 1. The number of rotatable bonds is 3. The van der Waals surface area contributed by atoms with E-state index in [0.29, 0.717) is 16.9 Å². The highest BCUT2D eigenvalue weighted by molar-refractivity contribution is 6.11. The first-order chi connectivity index (χ1) is 15.6. The van der Waals surface area contributed by atoms with E-state index >= 15 is 0 Å². The Bertz CT molecular complexity index is 1480. The first-order valence-electron chi connectivity index (χ1n) is 11.6. The number of aromatic nitrogens is 1. The molecule has 0 atom stereocenters. The molecule has 3 aromatic carbocycles. The van der Waals surface area contributed by atoms with Crippen molar-refractivity contribution in [1.82, 2.24) is 4.98 Å². The second-order valence-electron chi connectivity index (χ2n) is 7.48. The van der Waals surface area contributed by atoms with E-state index in [1.54, 1.807) is 12.3 Å². The van der Waals surface area contributed by atoms with E-state index in [0.717, 1.165) is 33.0 Å². The van der Waals surface area contributed by atoms with Gasteiger partial charge in [-0.05, 0) is 65.3 Å². The van der Waals surface area contributed by atoms with Crippen molar-refractivity contribution in [2.75, 3.05) is 0 Å². The summed E-state index contributed by atoms with van der Waals surface area (Å²) in [5, 5.41) is 1.60. The average molecular weight is 382 g/mol. The summed E-state index contributed by atoms with van der Waals surface area (Å²) in [6.45, 7) is 1.34. The monoisotopic (exact) mass is 381 g/mol. The van der Waals surface area contributed by atoms with Crippen molar-refractivity contribution >= 4 is 21.9 Å². The fourth-order valence-electron chi connectivity index (χ4n) is 3.79. The van der Waals surface area contributed by atoms with Gasteiger partial charge < -0.3 is 4.42 Å². The van der Waals surface area contributed by atoms with Gasteiger partial charge in [0.15, 0.2) is 0 Å². The molecule has 0 saturated heterocycles. The van der Waals surface area contributed by atoms with Crippen LogP contribution in [-0.4, -0.2) is 4.98 Å². The number of hydrogen-bond acceptors (Lipinski definition) is 2. The molecule has 0 saturated carbocycles. The first-order valence-corrected chi connectivity index (χ1v) is 9.65. The van der Waals surface area contributed by atoms with Crippen molar-refractivity contribution in [3.63, 3.8) is 0 Å². The van der Waals surface area contributed by atoms with Crippen molar-refractivity contribution in [3.05, 3.63) is 90.1 Å². The van der Waals surface area contributed by atoms with Crippen LogP contribution in [0.3, 0.4) is 0 Å². The van der Waals surface area contributed by atoms with Crippen molar-refractivity contribution < 1.29 is 9.90 Å². The van der Waals surface area contributed by atoms with Gasteiger partial charge in [0, 0.05) is 28.0 Å². The van der Waals surface area contributed by atoms with Gasteiger partial charge in [-0.2, -0.15) is 0 Å². The molecule has 5 aromatic rings. The molecule has 0 aliphatic rings. The van der Waals surface area contributed by atoms with Crippen LogP contribution in [0, 0.1) is 6.85 Å². The van der Waals surface area contributed by atoms with Gasteiger partial charge in [-0.25, -0.2) is 0 Å². The lowest BCUT2D eigenvalue weighted by molar-refractivity contribution is 0.666. The third kappa shape index (κ3) is 3.01. The number of pyridine rings is 1. The third-order valence-corrected chi connectivity index (χ3v) is 5.32. The van der Waals surface area contributed by atoms with E-state index in [2.05, 4.69) is 4.98 Å². The lowest BCUT2D eigenvalue weighted by Crippen LogP contribution is -1.90. The van der Waals surface area contributed by atoms with Crippen LogP contribution < -0.4 is 0 Å². The molecule has 0 aliphatic carbocycles. The maximum absolute atomic E-state index is 8.37. The molecule has 0 unspecified atom stereocenters. The van der Waals surface area contributed by atoms with Gasteiger partial charge >= 0.3 is 0 Å². The van der Waals surface area contributed by atoms with Crippen LogP contribution in [0.15, 0.2) is 83.4 Å². The molecule has 0 radical (unpaired) electrons. The Balaban J connectivity index is 1.82. The van der Waals surface area contributed by atoms with Crippen molar-refractivity contribution in [3.8, 4) is 22.4 Å². The van der Waals surface area contributed by atoms with E-state index in [9.17, 15) is 0 Å². The number of aryl methyl sites for hydroxylation is 1. The van der Waals surface area contributed by atoms with Crippen molar-refractivity contribution in [2.24, 2.45) is 0 Å². The molecule has 2 heterocycles. The topological polar surface area (TPSA) is 26.0 Å². The second kappa shape index (κ2) is 6.89. The number of para-hydroxylation sites is 1. The molecule has 0 amide bonds. The predicted octanol–water partition coefficient (Wildman–Crippen LogP) is 7.75. The average Bonchev–Trinajstić information content (AvgIpc) is 3.16. The molecule has 5 rings (SSSR count). The zero-order chi connectivity index (χ0) is 23.4. The van der Waals surface area contributed by atoms with Crippen LogP contribution in [0.5, 0.6) is 0 Å². The summed E-state index contributed by atoms with van der Waals surface area (Å²) in [5.41, 5.74) is 5.24. The Labute approximate surface area is 176 Å². The number of hydrogen-bond donors (Lipinski definition) is 0. The molecule has 29 heavy (non-hydrogen) atoms. The summed E-state index contributed by atoms with van der Waals surface area (Å²) in [4.78, 5) is 4.53. The van der Waals surface area contributed by atoms with Gasteiger partial charge in [-0.15, -0.1) is 0 Å². The number of fused-ring (bicyclic) bond motifs is 3. The van der Waals surface area contributed by atoms with Crippen LogP contribution in [0.4, 0.5) is 0 Å². The van der Waals surface area contributed by atoms with Crippen LogP contribution in [-0.2, 0) is 0 Å². The zero-order valence-corrected chi connectivity index (χ0v) is 16.4. The summed E-state index contributed by atoms with van der Waals surface area (Å²) >= 11 is 0. The lowest BCUT2D eigenvalue weighted by Gasteiger charge is -2.07. The summed E-state index contributed by atoms with van der Waals surface area (Å²) in [6.07, 6.45) is 1.70. The second-order valence-corrected chi connectivity index (χ2v) is 7.48. The van der Waals surface area contributed by atoms with E-state index in [4.69, 9.17) is 9.90 Å². The molecule has 2 aromatic heterocycles. The largest absolute Gasteiger partial charge is 0.455 e. The van der Waals surface area contributed by atoms with Gasteiger partial charge in [0.1, 0.15) is 11.2 Å². The SMILES string of the molecule is [2H]C([2H])([2H])c1cc(-c2ccccc2)cc2c1oc1c(-c3cc(C([2H])(C)C)ccn3)cccc12. The standard InChI is InChI=1S/C27H23NO/c1-17(2)20-12-13-28-25(16-20)23-11-7-10-22-24-15-21(19-8-5-4-6-9-19)14-18(3)26(24)29-27(22)23/h4-17H,1-3H3/i3D3,17D. The highest BCUT2D eigenvalue weighted by Gasteiger charge is 2.16. The summed E-state index contributed by atoms with van der Waals surface area (Å²) in [5.74, 6) is -0.765. The van der Waals surface area contributed by atoms with Gasteiger partial charge in [0.05, 0.1) is 5.69 Å². The molecule has 142 valence electrons. The Morgan fingerprint density at radius 2 is 1.72 bits per heavy atom. The highest BCUT2D eigenvalue weighted by Crippen LogP contribution is 2.38. The minimum Gasteiger partial charge on any atom is -0.455 e. The fraction of sp³-hybridized carbons (Fsp3) is 0.148. The lowest BCUT2D eigenvalue weighted by atomic mass is 9.98. The van der Waals surface area contributed by atoms with Gasteiger partial charge in [0.25, 0.3) is 0 Å². The Kier molecular flexibility index (Phi) is 3.26. The van der Waals surface area contributed by atoms with Crippen molar-refractivity contribution in [2.45, 2.75) is 26.6 Å². The van der Waals surface area contributed by atoms with Gasteiger partial charge in [0.2, 0.25) is 0 Å². The minimum absolute atomic E-state index is 0.190. The summed E-state index contributed by atoms with van der Waals surface area (Å²) < 4.78 is 39.1. The van der Waals surface area contributed by atoms with Crippen LogP contribution >= 0.6 is 0 Å². The molecule has 2 heteroatoms.